The molecule has 2 aromatic rings. The summed E-state index contributed by atoms with van der Waals surface area (Å²) in [5, 5.41) is 17.8. The lowest BCUT2D eigenvalue weighted by Crippen LogP contribution is -2.29. The van der Waals surface area contributed by atoms with Gasteiger partial charge in [-0.25, -0.2) is 9.97 Å². The number of fused-ring (bicyclic) bond motifs is 1. The largest absolute Gasteiger partial charge is 0.387 e. The van der Waals surface area contributed by atoms with E-state index in [2.05, 4.69) is 32.8 Å². The van der Waals surface area contributed by atoms with Gasteiger partial charge < -0.3 is 15.7 Å². The Hall–Kier alpha value is -2.58. The van der Waals surface area contributed by atoms with E-state index >= 15 is 0 Å². The summed E-state index contributed by atoms with van der Waals surface area (Å²) in [5.74, 6) is 1.15. The topological polar surface area (TPSA) is 100 Å². The third-order valence-electron chi connectivity index (χ3n) is 5.18. The van der Waals surface area contributed by atoms with Gasteiger partial charge >= 0.3 is 0 Å². The summed E-state index contributed by atoms with van der Waals surface area (Å²) in [7, 11) is 0. The summed E-state index contributed by atoms with van der Waals surface area (Å²) in [6.45, 7) is 6.17. The maximum Gasteiger partial charge on any atom is 0.224 e. The second-order valence-corrected chi connectivity index (χ2v) is 8.38. The fourth-order valence-corrected chi connectivity index (χ4v) is 4.82. The first kappa shape index (κ1) is 19.7. The van der Waals surface area contributed by atoms with Crippen LogP contribution < -0.4 is 10.6 Å². The molecule has 7 nitrogen and oxygen atoms in total. The van der Waals surface area contributed by atoms with E-state index < -0.39 is 6.10 Å². The number of aryl methyl sites for hydroxylation is 2. The van der Waals surface area contributed by atoms with Crippen molar-refractivity contribution in [2.75, 3.05) is 17.2 Å². The standard InChI is InChI=1S/C21H25N5O2S/c1-4-22-21-23-11(2)18(20-25-14-7-5-6-8-17(14)29-20)19(26-21)24-15-9-13(12(3)27)10-16(15)28/h6,8,10,15-16,28H,4-5,7,9H2,1-3H3,(H2,22,23,24,26). The van der Waals surface area contributed by atoms with Crippen molar-refractivity contribution in [3.8, 4) is 10.6 Å². The summed E-state index contributed by atoms with van der Waals surface area (Å²) in [5.41, 5.74) is 3.42. The number of anilines is 2. The highest BCUT2D eigenvalue weighted by Gasteiger charge is 2.30. The third-order valence-corrected chi connectivity index (χ3v) is 6.26. The number of aromatic nitrogens is 3. The number of nitrogens with one attached hydrogen (secondary N) is 2. The molecule has 0 bridgehead atoms. The van der Waals surface area contributed by atoms with Crippen molar-refractivity contribution in [2.24, 2.45) is 0 Å². The van der Waals surface area contributed by atoms with Crippen molar-refractivity contribution in [3.05, 3.63) is 34.0 Å². The van der Waals surface area contributed by atoms with Crippen LogP contribution in [0.3, 0.4) is 0 Å². The molecule has 0 fully saturated rings. The number of carbonyl (C=O) groups excluding carboxylic acids is 1. The molecule has 152 valence electrons. The Morgan fingerprint density at radius 2 is 2.17 bits per heavy atom. The van der Waals surface area contributed by atoms with E-state index in [-0.39, 0.29) is 11.8 Å². The molecule has 0 aromatic carbocycles. The maximum atomic E-state index is 11.7. The van der Waals surface area contributed by atoms with Crippen LogP contribution in [-0.2, 0) is 11.2 Å². The lowest BCUT2D eigenvalue weighted by atomic mass is 10.1. The number of rotatable bonds is 6. The first-order chi connectivity index (χ1) is 14.0. The highest BCUT2D eigenvalue weighted by molar-refractivity contribution is 7.16. The van der Waals surface area contributed by atoms with Crippen LogP contribution in [0.15, 0.2) is 17.7 Å². The fraction of sp³-hybridized carbons (Fsp3) is 0.429. The van der Waals surface area contributed by atoms with E-state index in [1.54, 1.807) is 17.4 Å². The third kappa shape index (κ3) is 3.95. The number of hydrogen-bond acceptors (Lipinski definition) is 8. The minimum absolute atomic E-state index is 0.0137. The maximum absolute atomic E-state index is 11.7. The van der Waals surface area contributed by atoms with Crippen molar-refractivity contribution in [2.45, 2.75) is 52.2 Å². The smallest absolute Gasteiger partial charge is 0.224 e. The van der Waals surface area contributed by atoms with Crippen molar-refractivity contribution in [3.63, 3.8) is 0 Å². The van der Waals surface area contributed by atoms with Gasteiger partial charge in [-0.3, -0.25) is 4.79 Å². The van der Waals surface area contributed by atoms with Crippen molar-refractivity contribution < 1.29 is 9.90 Å². The van der Waals surface area contributed by atoms with Gasteiger partial charge in [0.2, 0.25) is 5.95 Å². The second kappa shape index (κ2) is 8.04. The second-order valence-electron chi connectivity index (χ2n) is 7.35. The molecule has 0 amide bonds. The van der Waals surface area contributed by atoms with Crippen LogP contribution in [0.1, 0.15) is 43.0 Å². The zero-order valence-electron chi connectivity index (χ0n) is 16.8. The van der Waals surface area contributed by atoms with Crippen LogP contribution >= 0.6 is 11.3 Å². The number of carbonyl (C=O) groups is 1. The van der Waals surface area contributed by atoms with Crippen molar-refractivity contribution in [1.82, 2.24) is 15.0 Å². The molecule has 2 heterocycles. The summed E-state index contributed by atoms with van der Waals surface area (Å²) in [4.78, 5) is 27.0. The Balaban J connectivity index is 1.72. The van der Waals surface area contributed by atoms with Gasteiger partial charge in [0.15, 0.2) is 5.78 Å². The molecule has 2 aliphatic carbocycles. The van der Waals surface area contributed by atoms with Gasteiger partial charge in [-0.15, -0.1) is 11.3 Å². The Labute approximate surface area is 174 Å². The molecular weight excluding hydrogens is 386 g/mol. The molecule has 0 radical (unpaired) electrons. The quantitative estimate of drug-likeness (QED) is 0.670. The average molecular weight is 412 g/mol. The van der Waals surface area contributed by atoms with Crippen LogP contribution in [-0.4, -0.2) is 44.5 Å². The van der Waals surface area contributed by atoms with E-state index in [1.807, 2.05) is 13.8 Å². The average Bonchev–Trinajstić information content (AvgIpc) is 3.25. The Bertz CT molecular complexity index is 1010. The highest BCUT2D eigenvalue weighted by atomic mass is 32.1. The highest BCUT2D eigenvalue weighted by Crippen LogP contribution is 2.38. The minimum Gasteiger partial charge on any atom is -0.387 e. The predicted octanol–water partition coefficient (Wildman–Crippen LogP) is 3.36. The Morgan fingerprint density at radius 1 is 1.34 bits per heavy atom. The molecule has 0 spiro atoms. The predicted molar refractivity (Wildman–Crippen MR) is 116 cm³/mol. The molecule has 2 aliphatic rings. The van der Waals surface area contributed by atoms with Crippen molar-refractivity contribution >= 4 is 35.0 Å². The van der Waals surface area contributed by atoms with Crippen LogP contribution in [0.4, 0.5) is 11.8 Å². The van der Waals surface area contributed by atoms with E-state index in [9.17, 15) is 9.90 Å². The zero-order chi connectivity index (χ0) is 20.5. The molecular formula is C21H25N5O2S. The molecule has 0 saturated heterocycles. The number of nitrogens with zero attached hydrogens (tertiary/aromatic N) is 3. The molecule has 2 atom stereocenters. The van der Waals surface area contributed by atoms with Crippen molar-refractivity contribution in [1.29, 1.82) is 0 Å². The Kier molecular flexibility index (Phi) is 5.47. The lowest BCUT2D eigenvalue weighted by Gasteiger charge is -2.20. The fourth-order valence-electron chi connectivity index (χ4n) is 3.68. The van der Waals surface area contributed by atoms with Gasteiger partial charge in [-0.1, -0.05) is 6.08 Å². The number of aliphatic hydroxyl groups excluding tert-OH is 1. The molecule has 8 heteroatoms. The van der Waals surface area contributed by atoms with Gasteiger partial charge in [0.25, 0.3) is 0 Å². The van der Waals surface area contributed by atoms with Crippen LogP contribution in [0.2, 0.25) is 0 Å². The number of thiazole rings is 1. The molecule has 4 rings (SSSR count). The summed E-state index contributed by atoms with van der Waals surface area (Å²) in [6, 6.07) is -0.314. The number of allylic oxidation sites excluding steroid dienone is 1. The SMILES string of the molecule is CCNc1nc(C)c(-c2nc3c(s2)C=CCC3)c(NC2CC(C(C)=O)=CC2O)n1. The van der Waals surface area contributed by atoms with Crippen LogP contribution in [0, 0.1) is 6.92 Å². The number of hydrogen-bond donors (Lipinski definition) is 3. The molecule has 2 unspecified atom stereocenters. The van der Waals surface area contributed by atoms with Crippen LogP contribution in [0.5, 0.6) is 0 Å². The van der Waals surface area contributed by atoms with Gasteiger partial charge in [0.05, 0.1) is 34.0 Å². The van der Waals surface area contributed by atoms with Gasteiger partial charge in [0.1, 0.15) is 10.8 Å². The first-order valence-electron chi connectivity index (χ1n) is 9.91. The van der Waals surface area contributed by atoms with E-state index in [1.165, 1.54) is 11.8 Å². The molecule has 0 aliphatic heterocycles. The molecule has 29 heavy (non-hydrogen) atoms. The van der Waals surface area contributed by atoms with Gasteiger partial charge in [-0.05, 0) is 57.8 Å². The van der Waals surface area contributed by atoms with Gasteiger partial charge in [0, 0.05) is 6.54 Å². The number of Topliss-reactive ketones (excluding diaryl/α,β-unsaturated/α-hetero) is 1. The van der Waals surface area contributed by atoms with E-state index in [0.29, 0.717) is 30.3 Å². The molecule has 3 N–H and O–H groups in total. The van der Waals surface area contributed by atoms with Gasteiger partial charge in [-0.2, -0.15) is 4.98 Å². The molecule has 2 aromatic heterocycles. The normalized spacial score (nSPS) is 20.3. The van der Waals surface area contributed by atoms with E-state index in [4.69, 9.17) is 4.98 Å². The summed E-state index contributed by atoms with van der Waals surface area (Å²) >= 11 is 1.63. The van der Waals surface area contributed by atoms with Crippen LogP contribution in [0.25, 0.3) is 16.6 Å². The number of ketones is 1. The summed E-state index contributed by atoms with van der Waals surface area (Å²) in [6.07, 6.45) is 7.59. The molecule has 0 saturated carbocycles. The monoisotopic (exact) mass is 411 g/mol. The minimum atomic E-state index is -0.743. The lowest BCUT2D eigenvalue weighted by molar-refractivity contribution is -0.113. The zero-order valence-corrected chi connectivity index (χ0v) is 17.6. The first-order valence-corrected chi connectivity index (χ1v) is 10.7. The Morgan fingerprint density at radius 3 is 2.86 bits per heavy atom. The summed E-state index contributed by atoms with van der Waals surface area (Å²) < 4.78 is 0. The van der Waals surface area contributed by atoms with E-state index in [0.717, 1.165) is 34.8 Å². The number of aliphatic hydroxyl groups is 1.